The molecular weight excluding hydrogens is 160 g/mol. The van der Waals surface area contributed by atoms with E-state index in [-0.39, 0.29) is 0 Å². The molecule has 2 heteroatoms. The molecule has 1 rings (SSSR count). The Hall–Kier alpha value is -0.790. The second kappa shape index (κ2) is 5.79. The van der Waals surface area contributed by atoms with Gasteiger partial charge in [-0.05, 0) is 13.3 Å². The Kier molecular flexibility index (Phi) is 4.58. The molecule has 13 heavy (non-hydrogen) atoms. The average Bonchev–Trinajstić information content (AvgIpc) is 2.60. The topological polar surface area (TPSA) is 8.81 Å². The lowest BCUT2D eigenvalue weighted by Gasteiger charge is -1.99. The van der Waals surface area contributed by atoms with Gasteiger partial charge in [-0.3, -0.25) is 0 Å². The number of nitrogens with zero attached hydrogens (tertiary/aromatic N) is 2. The fourth-order valence-electron chi connectivity index (χ4n) is 1.60. The van der Waals surface area contributed by atoms with Crippen LogP contribution in [0.25, 0.3) is 0 Å². The zero-order valence-electron chi connectivity index (χ0n) is 8.87. The molecule has 0 aliphatic rings. The first-order chi connectivity index (χ1) is 6.38. The van der Waals surface area contributed by atoms with Gasteiger partial charge in [-0.15, -0.1) is 4.68 Å². The Balaban J connectivity index is 2.27. The number of aryl methyl sites for hydroxylation is 2. The lowest BCUT2D eigenvalue weighted by atomic mass is 10.2. The molecule has 0 fully saturated rings. The monoisotopic (exact) mass is 181 g/mol. The highest BCUT2D eigenvalue weighted by Gasteiger charge is 2.04. The summed E-state index contributed by atoms with van der Waals surface area (Å²) in [7, 11) is 0. The smallest absolute Gasteiger partial charge is 0.161 e. The fourth-order valence-corrected chi connectivity index (χ4v) is 1.60. The van der Waals surface area contributed by atoms with Crippen LogP contribution < -0.4 is 4.68 Å². The van der Waals surface area contributed by atoms with E-state index in [1.165, 1.54) is 32.2 Å². The summed E-state index contributed by atoms with van der Waals surface area (Å²) in [5.74, 6) is 0. The van der Waals surface area contributed by atoms with E-state index in [4.69, 9.17) is 0 Å². The van der Waals surface area contributed by atoms with Crippen LogP contribution >= 0.6 is 0 Å². The predicted molar refractivity (Wildman–Crippen MR) is 54.4 cm³/mol. The number of rotatable bonds is 6. The van der Waals surface area contributed by atoms with Crippen molar-refractivity contribution in [1.82, 2.24) is 4.68 Å². The molecule has 74 valence electrons. The van der Waals surface area contributed by atoms with Crippen molar-refractivity contribution in [2.24, 2.45) is 0 Å². The summed E-state index contributed by atoms with van der Waals surface area (Å²) in [6, 6.07) is 2.11. The van der Waals surface area contributed by atoms with E-state index in [1.54, 1.807) is 0 Å². The molecule has 0 aromatic carbocycles. The first-order valence-corrected chi connectivity index (χ1v) is 5.43. The van der Waals surface area contributed by atoms with Gasteiger partial charge in [-0.2, -0.15) is 4.68 Å². The van der Waals surface area contributed by atoms with Crippen molar-refractivity contribution >= 4 is 0 Å². The van der Waals surface area contributed by atoms with Crippen molar-refractivity contribution < 1.29 is 4.68 Å². The Bertz CT molecular complexity index is 228. The molecule has 0 saturated heterocycles. The summed E-state index contributed by atoms with van der Waals surface area (Å²) in [5, 5.41) is 0. The maximum atomic E-state index is 2.30. The summed E-state index contributed by atoms with van der Waals surface area (Å²) in [6.07, 6.45) is 9.66. The Morgan fingerprint density at radius 3 is 2.69 bits per heavy atom. The third-order valence-electron chi connectivity index (χ3n) is 2.41. The molecule has 0 saturated carbocycles. The van der Waals surface area contributed by atoms with E-state index in [1.807, 2.05) is 0 Å². The van der Waals surface area contributed by atoms with Gasteiger partial charge in [-0.1, -0.05) is 19.8 Å². The molecule has 2 nitrogen and oxygen atoms in total. The van der Waals surface area contributed by atoms with Crippen molar-refractivity contribution in [1.29, 1.82) is 0 Å². The second-order valence-electron chi connectivity index (χ2n) is 3.47. The summed E-state index contributed by atoms with van der Waals surface area (Å²) >= 11 is 0. The van der Waals surface area contributed by atoms with Crippen LogP contribution in [0.5, 0.6) is 0 Å². The van der Waals surface area contributed by atoms with Crippen LogP contribution in [0, 0.1) is 0 Å². The van der Waals surface area contributed by atoms with Crippen LogP contribution in [0.2, 0.25) is 0 Å². The van der Waals surface area contributed by atoms with Crippen molar-refractivity contribution in [3.05, 3.63) is 18.5 Å². The summed E-state index contributed by atoms with van der Waals surface area (Å²) in [6.45, 7) is 6.67. The molecule has 0 aliphatic carbocycles. The van der Waals surface area contributed by atoms with Gasteiger partial charge < -0.3 is 0 Å². The van der Waals surface area contributed by atoms with Crippen LogP contribution in [-0.4, -0.2) is 4.68 Å². The van der Waals surface area contributed by atoms with Crippen molar-refractivity contribution in [3.63, 3.8) is 0 Å². The van der Waals surface area contributed by atoms with Crippen molar-refractivity contribution in [3.8, 4) is 0 Å². The molecule has 0 radical (unpaired) electrons. The summed E-state index contributed by atoms with van der Waals surface area (Å²) in [4.78, 5) is 0. The molecule has 0 N–H and O–H groups in total. The van der Waals surface area contributed by atoms with Gasteiger partial charge in [0.25, 0.3) is 0 Å². The van der Waals surface area contributed by atoms with Crippen LogP contribution in [0.3, 0.4) is 0 Å². The molecule has 1 heterocycles. The molecule has 0 spiro atoms. The van der Waals surface area contributed by atoms with E-state index in [0.717, 1.165) is 6.54 Å². The number of hydrogen-bond donors (Lipinski definition) is 0. The Morgan fingerprint density at radius 2 is 2.00 bits per heavy atom. The minimum atomic E-state index is 1.07. The molecule has 1 aromatic heterocycles. The maximum absolute atomic E-state index is 2.30. The highest BCUT2D eigenvalue weighted by molar-refractivity contribution is 4.70. The maximum Gasteiger partial charge on any atom is 0.195 e. The van der Waals surface area contributed by atoms with Gasteiger partial charge in [0, 0.05) is 12.5 Å². The highest BCUT2D eigenvalue weighted by atomic mass is 15.4. The minimum absolute atomic E-state index is 1.07. The van der Waals surface area contributed by atoms with Crippen LogP contribution in [-0.2, 0) is 13.1 Å². The molecule has 0 amide bonds. The lowest BCUT2D eigenvalue weighted by molar-refractivity contribution is -0.775. The summed E-state index contributed by atoms with van der Waals surface area (Å²) in [5.41, 5.74) is 0. The van der Waals surface area contributed by atoms with Crippen molar-refractivity contribution in [2.45, 2.75) is 52.6 Å². The lowest BCUT2D eigenvalue weighted by Crippen LogP contribution is -2.42. The zero-order chi connectivity index (χ0) is 9.52. The largest absolute Gasteiger partial charge is 0.195 e. The van der Waals surface area contributed by atoms with Gasteiger partial charge in [-0.25, -0.2) is 0 Å². The van der Waals surface area contributed by atoms with E-state index in [9.17, 15) is 0 Å². The van der Waals surface area contributed by atoms with Crippen molar-refractivity contribution in [2.75, 3.05) is 0 Å². The molecule has 0 aliphatic heterocycles. The first-order valence-electron chi connectivity index (χ1n) is 5.43. The van der Waals surface area contributed by atoms with Gasteiger partial charge in [0.2, 0.25) is 0 Å². The molecule has 1 aromatic rings. The standard InChI is InChI=1S/C11H21N2/c1-3-5-6-7-9-13-11-8-10-12(13)4-2/h8,10-11H,3-7,9H2,1-2H3/q+1. The number of hydrogen-bond acceptors (Lipinski definition) is 0. The van der Waals surface area contributed by atoms with Gasteiger partial charge in [0.15, 0.2) is 12.7 Å². The molecule has 0 atom stereocenters. The van der Waals surface area contributed by atoms with Gasteiger partial charge in [0.05, 0.1) is 12.7 Å². The summed E-state index contributed by atoms with van der Waals surface area (Å²) < 4.78 is 4.56. The second-order valence-corrected chi connectivity index (χ2v) is 3.47. The third-order valence-corrected chi connectivity index (χ3v) is 2.41. The van der Waals surface area contributed by atoms with E-state index in [2.05, 4.69) is 41.7 Å². The Morgan fingerprint density at radius 1 is 1.15 bits per heavy atom. The molecule has 0 unspecified atom stereocenters. The van der Waals surface area contributed by atoms with E-state index < -0.39 is 0 Å². The molecular formula is C11H21N2+. The van der Waals surface area contributed by atoms with Crippen LogP contribution in [0.15, 0.2) is 18.5 Å². The third kappa shape index (κ3) is 3.21. The highest BCUT2D eigenvalue weighted by Crippen LogP contribution is 1.98. The number of aromatic nitrogens is 2. The average molecular weight is 181 g/mol. The zero-order valence-corrected chi connectivity index (χ0v) is 8.87. The minimum Gasteiger partial charge on any atom is -0.161 e. The van der Waals surface area contributed by atoms with E-state index >= 15 is 0 Å². The fraction of sp³-hybridized carbons (Fsp3) is 0.727. The normalized spacial score (nSPS) is 10.6. The van der Waals surface area contributed by atoms with E-state index in [0.29, 0.717) is 0 Å². The Labute approximate surface area is 81.2 Å². The number of unbranched alkanes of at least 4 members (excludes halogenated alkanes) is 3. The first kappa shape index (κ1) is 10.3. The van der Waals surface area contributed by atoms with Gasteiger partial charge in [0.1, 0.15) is 0 Å². The quantitative estimate of drug-likeness (QED) is 0.470. The van der Waals surface area contributed by atoms with Gasteiger partial charge >= 0.3 is 0 Å². The van der Waals surface area contributed by atoms with Crippen LogP contribution in [0.4, 0.5) is 0 Å². The van der Waals surface area contributed by atoms with Crippen LogP contribution in [0.1, 0.15) is 39.5 Å². The molecule has 0 bridgehead atoms. The SMILES string of the molecule is CCCCCC[n+]1cccn1CC. The predicted octanol–water partition coefficient (Wildman–Crippen LogP) is 2.38.